The van der Waals surface area contributed by atoms with Gasteiger partial charge in [-0.25, -0.2) is 9.67 Å². The molecule has 0 bridgehead atoms. The van der Waals surface area contributed by atoms with Crippen LogP contribution in [0.3, 0.4) is 0 Å². The van der Waals surface area contributed by atoms with Crippen LogP contribution >= 0.6 is 0 Å². The maximum absolute atomic E-state index is 11.6. The molecule has 0 spiro atoms. The van der Waals surface area contributed by atoms with Crippen molar-refractivity contribution in [1.29, 1.82) is 0 Å². The van der Waals surface area contributed by atoms with Gasteiger partial charge in [0.05, 0.1) is 54.6 Å². The topological polar surface area (TPSA) is 137 Å². The maximum atomic E-state index is 11.6. The number of carboxylic acids is 1. The van der Waals surface area contributed by atoms with E-state index in [-0.39, 0.29) is 17.9 Å². The van der Waals surface area contributed by atoms with Gasteiger partial charge in [-0.2, -0.15) is 4.98 Å². The second-order valence-electron chi connectivity index (χ2n) is 9.35. The molecular formula is C25H33N7O4. The van der Waals surface area contributed by atoms with Gasteiger partial charge < -0.3 is 19.9 Å². The van der Waals surface area contributed by atoms with Crippen molar-refractivity contribution in [1.82, 2.24) is 29.9 Å². The second-order valence-corrected chi connectivity index (χ2v) is 9.35. The molecule has 192 valence electrons. The van der Waals surface area contributed by atoms with Crippen molar-refractivity contribution in [2.75, 3.05) is 11.9 Å². The van der Waals surface area contributed by atoms with Gasteiger partial charge in [0.25, 0.3) is 0 Å². The number of anilines is 1. The van der Waals surface area contributed by atoms with Gasteiger partial charge in [0, 0.05) is 13.0 Å². The Morgan fingerprint density at radius 2 is 2.03 bits per heavy atom. The number of aryl methyl sites for hydroxylation is 2. The Morgan fingerprint density at radius 1 is 1.22 bits per heavy atom. The Bertz CT molecular complexity index is 1200. The van der Waals surface area contributed by atoms with E-state index in [1.54, 1.807) is 17.1 Å². The van der Waals surface area contributed by atoms with E-state index in [0.717, 1.165) is 25.0 Å². The van der Waals surface area contributed by atoms with Gasteiger partial charge in [-0.1, -0.05) is 18.1 Å². The van der Waals surface area contributed by atoms with Crippen molar-refractivity contribution in [3.8, 4) is 23.0 Å². The van der Waals surface area contributed by atoms with Crippen LogP contribution in [-0.2, 0) is 18.4 Å². The highest BCUT2D eigenvalue weighted by Crippen LogP contribution is 2.32. The average Bonchev–Trinajstić information content (AvgIpc) is 3.22. The third-order valence-corrected chi connectivity index (χ3v) is 6.31. The zero-order valence-corrected chi connectivity index (χ0v) is 21.1. The van der Waals surface area contributed by atoms with E-state index in [0.29, 0.717) is 54.1 Å². The van der Waals surface area contributed by atoms with Crippen LogP contribution in [0.15, 0.2) is 24.5 Å². The lowest BCUT2D eigenvalue weighted by Crippen LogP contribution is -2.31. The Hall–Kier alpha value is -3.76. The molecule has 11 nitrogen and oxygen atoms in total. The van der Waals surface area contributed by atoms with Gasteiger partial charge in [0.15, 0.2) is 0 Å². The molecule has 0 unspecified atom stereocenters. The summed E-state index contributed by atoms with van der Waals surface area (Å²) in [4.78, 5) is 24.9. The van der Waals surface area contributed by atoms with E-state index in [9.17, 15) is 9.90 Å². The summed E-state index contributed by atoms with van der Waals surface area (Å²) < 4.78 is 13.3. The van der Waals surface area contributed by atoms with Gasteiger partial charge in [0.2, 0.25) is 5.88 Å². The van der Waals surface area contributed by atoms with Crippen LogP contribution in [0, 0.1) is 18.8 Å². The fourth-order valence-electron chi connectivity index (χ4n) is 4.44. The zero-order valence-electron chi connectivity index (χ0n) is 21.1. The molecule has 0 amide bonds. The van der Waals surface area contributed by atoms with Gasteiger partial charge in [0.1, 0.15) is 17.3 Å². The van der Waals surface area contributed by atoms with E-state index in [4.69, 9.17) is 14.5 Å². The molecule has 0 radical (unpaired) electrons. The number of aromatic nitrogens is 6. The monoisotopic (exact) mass is 495 g/mol. The summed E-state index contributed by atoms with van der Waals surface area (Å²) in [6, 6.07) is 3.71. The summed E-state index contributed by atoms with van der Waals surface area (Å²) in [5.74, 6) is 0.616. The first-order valence-electron chi connectivity index (χ1n) is 12.3. The minimum Gasteiger partial charge on any atom is -0.491 e. The van der Waals surface area contributed by atoms with Crippen molar-refractivity contribution >= 4 is 11.8 Å². The predicted molar refractivity (Wildman–Crippen MR) is 133 cm³/mol. The number of nitrogens with zero attached hydrogens (tertiary/aromatic N) is 6. The van der Waals surface area contributed by atoms with Gasteiger partial charge in [-0.05, 0) is 45.7 Å². The number of carbonyl (C=O) groups is 1. The Morgan fingerprint density at radius 3 is 2.78 bits per heavy atom. The van der Waals surface area contributed by atoms with E-state index in [2.05, 4.69) is 25.6 Å². The number of ether oxygens (including phenoxy) is 2. The Balaban J connectivity index is 1.44. The number of hydrogen-bond donors (Lipinski definition) is 2. The molecule has 3 aromatic rings. The first-order valence-corrected chi connectivity index (χ1v) is 12.3. The summed E-state index contributed by atoms with van der Waals surface area (Å²) in [7, 11) is 1.82. The molecule has 11 heteroatoms. The molecule has 1 aliphatic carbocycles. The van der Waals surface area contributed by atoms with Crippen LogP contribution < -0.4 is 14.8 Å². The summed E-state index contributed by atoms with van der Waals surface area (Å²) in [6.07, 6.45) is 6.80. The Kier molecular flexibility index (Phi) is 7.97. The molecule has 2 N–H and O–H groups in total. The van der Waals surface area contributed by atoms with Crippen LogP contribution in [0.25, 0.3) is 11.4 Å². The van der Waals surface area contributed by atoms with Crippen LogP contribution in [0.5, 0.6) is 11.6 Å². The van der Waals surface area contributed by atoms with E-state index < -0.39 is 5.97 Å². The molecular weight excluding hydrogens is 462 g/mol. The van der Waals surface area contributed by atoms with Crippen molar-refractivity contribution in [2.45, 2.75) is 59.1 Å². The molecule has 3 heterocycles. The second kappa shape index (κ2) is 11.3. The highest BCUT2D eigenvalue weighted by molar-refractivity contribution is 5.70. The van der Waals surface area contributed by atoms with E-state index in [1.807, 2.05) is 40.0 Å². The van der Waals surface area contributed by atoms with Crippen LogP contribution in [-0.4, -0.2) is 53.7 Å². The predicted octanol–water partition coefficient (Wildman–Crippen LogP) is 3.64. The van der Waals surface area contributed by atoms with Gasteiger partial charge >= 0.3 is 5.97 Å². The van der Waals surface area contributed by atoms with E-state index in [1.165, 1.54) is 0 Å². The lowest BCUT2D eigenvalue weighted by atomic mass is 9.80. The lowest BCUT2D eigenvalue weighted by molar-refractivity contribution is -0.145. The molecule has 1 aliphatic rings. The molecule has 0 saturated heterocycles. The zero-order chi connectivity index (χ0) is 25.7. The number of nitrogens with one attached hydrogen (secondary N) is 1. The summed E-state index contributed by atoms with van der Waals surface area (Å²) in [5, 5.41) is 21.3. The average molecular weight is 496 g/mol. The molecule has 4 rings (SSSR count). The smallest absolute Gasteiger partial charge is 0.306 e. The first kappa shape index (κ1) is 25.3. The first-order chi connectivity index (χ1) is 17.3. The van der Waals surface area contributed by atoms with Crippen molar-refractivity contribution in [3.63, 3.8) is 0 Å². The molecule has 0 aliphatic heterocycles. The van der Waals surface area contributed by atoms with Crippen molar-refractivity contribution in [3.05, 3.63) is 35.9 Å². The van der Waals surface area contributed by atoms with Crippen LogP contribution in [0.2, 0.25) is 0 Å². The van der Waals surface area contributed by atoms with Crippen LogP contribution in [0.1, 0.15) is 50.9 Å². The fraction of sp³-hybridized carbons (Fsp3) is 0.520. The highest BCUT2D eigenvalue weighted by Gasteiger charge is 2.31. The standard InChI is InChI=1S/C25H33N7O4/c1-15(2)36-23-13-26-12-22(29-23)27-11-20-24(30-31-32(20)4)19-9-10-21(16(3)28-19)35-14-17-7-5-6-8-18(17)25(33)34/h9-10,12-13,15,17-18H,5-8,11,14H2,1-4H3,(H,27,29)(H,33,34)/t17-,18+/m1/s1. The van der Waals surface area contributed by atoms with Crippen molar-refractivity contribution in [2.24, 2.45) is 18.9 Å². The number of carboxylic acid groups (broad SMARTS) is 1. The molecule has 1 saturated carbocycles. The van der Waals surface area contributed by atoms with Gasteiger partial charge in [-0.3, -0.25) is 9.78 Å². The van der Waals surface area contributed by atoms with Crippen LogP contribution in [0.4, 0.5) is 5.82 Å². The minimum absolute atomic E-state index is 0.00459. The SMILES string of the molecule is Cc1nc(-c2nnn(C)c2CNc2cncc(OC(C)C)n2)ccc1OC[C@H]1CCCC[C@@H]1C(=O)O. The summed E-state index contributed by atoms with van der Waals surface area (Å²) >= 11 is 0. The Labute approximate surface area is 210 Å². The highest BCUT2D eigenvalue weighted by atomic mass is 16.5. The maximum Gasteiger partial charge on any atom is 0.306 e. The molecule has 0 aromatic carbocycles. The fourth-order valence-corrected chi connectivity index (χ4v) is 4.44. The molecule has 36 heavy (non-hydrogen) atoms. The number of pyridine rings is 1. The number of aliphatic carboxylic acids is 1. The lowest BCUT2D eigenvalue weighted by Gasteiger charge is -2.28. The number of rotatable bonds is 10. The summed E-state index contributed by atoms with van der Waals surface area (Å²) in [6.45, 7) is 6.53. The quantitative estimate of drug-likeness (QED) is 0.429. The minimum atomic E-state index is -0.734. The molecule has 3 aromatic heterocycles. The third-order valence-electron chi connectivity index (χ3n) is 6.31. The van der Waals surface area contributed by atoms with E-state index >= 15 is 0 Å². The third kappa shape index (κ3) is 6.07. The molecule has 2 atom stereocenters. The normalized spacial score (nSPS) is 17.7. The number of hydrogen-bond acceptors (Lipinski definition) is 9. The molecule has 1 fully saturated rings. The largest absolute Gasteiger partial charge is 0.491 e. The van der Waals surface area contributed by atoms with Crippen molar-refractivity contribution < 1.29 is 19.4 Å². The van der Waals surface area contributed by atoms with Gasteiger partial charge in [-0.15, -0.1) is 5.10 Å². The summed E-state index contributed by atoms with van der Waals surface area (Å²) in [5.41, 5.74) is 2.87.